The minimum absolute atomic E-state index is 0.00386. The summed E-state index contributed by atoms with van der Waals surface area (Å²) in [4.78, 5) is 36.0. The number of nitro groups is 1. The van der Waals surface area contributed by atoms with Crippen molar-refractivity contribution in [1.82, 2.24) is 0 Å². The number of Topliss-reactive ketones (excluding diaryl/α,β-unsaturated/α-hetero) is 1. The van der Waals surface area contributed by atoms with Crippen LogP contribution in [0.5, 0.6) is 11.5 Å². The second kappa shape index (κ2) is 10.3. The smallest absolute Gasteiger partial charge is 0.340 e. The second-order valence-corrected chi connectivity index (χ2v) is 8.57. The molecule has 0 fully saturated rings. The van der Waals surface area contributed by atoms with Crippen LogP contribution in [0.1, 0.15) is 36.3 Å². The third-order valence-electron chi connectivity index (χ3n) is 6.01. The van der Waals surface area contributed by atoms with Crippen LogP contribution in [-0.4, -0.2) is 30.9 Å². The molecule has 0 spiro atoms. The first-order valence-corrected chi connectivity index (χ1v) is 11.4. The largest absolute Gasteiger partial charge is 0.493 e. The number of allylic oxidation sites excluding steroid dienone is 2. The molecule has 36 heavy (non-hydrogen) atoms. The SMILES string of the molecule is COC(=O)C1=C(N)OC2=C(C(=O)CCC2)[C@H]1c1cc(Cl)c(OCc2ccc([N+](=O)[O-])cc2)c(OC)c1. The number of carbonyl (C=O) groups is 2. The third-order valence-corrected chi connectivity index (χ3v) is 6.29. The zero-order chi connectivity index (χ0) is 26.0. The molecule has 2 aromatic rings. The lowest BCUT2D eigenvalue weighted by molar-refractivity contribution is -0.384. The Labute approximate surface area is 211 Å². The van der Waals surface area contributed by atoms with Gasteiger partial charge in [-0.2, -0.15) is 0 Å². The van der Waals surface area contributed by atoms with Gasteiger partial charge in [0.25, 0.3) is 5.69 Å². The zero-order valence-corrected chi connectivity index (χ0v) is 20.3. The lowest BCUT2D eigenvalue weighted by atomic mass is 9.77. The Morgan fingerprint density at radius 3 is 2.58 bits per heavy atom. The molecule has 4 rings (SSSR count). The maximum atomic E-state index is 12.9. The van der Waals surface area contributed by atoms with Crippen LogP contribution in [0.3, 0.4) is 0 Å². The Bertz CT molecular complexity index is 1300. The van der Waals surface area contributed by atoms with Crippen molar-refractivity contribution in [2.75, 3.05) is 14.2 Å². The monoisotopic (exact) mass is 514 g/mol. The molecule has 0 unspecified atom stereocenters. The molecule has 2 N–H and O–H groups in total. The van der Waals surface area contributed by atoms with E-state index in [2.05, 4.69) is 0 Å². The van der Waals surface area contributed by atoms with Gasteiger partial charge in [-0.25, -0.2) is 4.79 Å². The number of benzene rings is 2. The molecule has 0 saturated heterocycles. The zero-order valence-electron chi connectivity index (χ0n) is 19.5. The van der Waals surface area contributed by atoms with E-state index in [0.29, 0.717) is 41.7 Å². The first kappa shape index (κ1) is 25.1. The number of hydrogen-bond acceptors (Lipinski definition) is 9. The molecule has 188 valence electrons. The summed E-state index contributed by atoms with van der Waals surface area (Å²) in [6, 6.07) is 9.11. The molecule has 0 radical (unpaired) electrons. The van der Waals surface area contributed by atoms with Crippen molar-refractivity contribution in [2.45, 2.75) is 31.8 Å². The van der Waals surface area contributed by atoms with Gasteiger partial charge in [-0.3, -0.25) is 14.9 Å². The summed E-state index contributed by atoms with van der Waals surface area (Å²) in [5.74, 6) is -0.944. The standard InChI is InChI=1S/C25H23ClN2O8/c1-33-19-11-14(10-16(26)23(19)35-12-13-6-8-15(9-7-13)28(31)32)20-21-17(29)4-3-5-18(21)36-24(27)22(20)25(30)34-2/h6-11,20H,3-5,12,27H2,1-2H3/t20-/m1/s1. The average molecular weight is 515 g/mol. The maximum absolute atomic E-state index is 12.9. The number of methoxy groups -OCH3 is 2. The number of nitrogens with two attached hydrogens (primary N) is 1. The van der Waals surface area contributed by atoms with E-state index in [9.17, 15) is 19.7 Å². The molecule has 11 heteroatoms. The summed E-state index contributed by atoms with van der Waals surface area (Å²) in [6.45, 7) is 0.0682. The Kier molecular flexibility index (Phi) is 7.16. The van der Waals surface area contributed by atoms with E-state index in [1.54, 1.807) is 24.3 Å². The fourth-order valence-electron chi connectivity index (χ4n) is 4.31. The predicted molar refractivity (Wildman–Crippen MR) is 128 cm³/mol. The summed E-state index contributed by atoms with van der Waals surface area (Å²) in [6.07, 6.45) is 1.44. The molecule has 2 aromatic carbocycles. The second-order valence-electron chi connectivity index (χ2n) is 8.16. The maximum Gasteiger partial charge on any atom is 0.340 e. The molecule has 1 heterocycles. The normalized spacial score (nSPS) is 17.3. The van der Waals surface area contributed by atoms with Crippen LogP contribution in [-0.2, 0) is 25.7 Å². The molecule has 2 aliphatic rings. The van der Waals surface area contributed by atoms with Crippen molar-refractivity contribution in [3.63, 3.8) is 0 Å². The highest BCUT2D eigenvalue weighted by molar-refractivity contribution is 6.32. The number of hydrogen-bond donors (Lipinski definition) is 1. The number of ether oxygens (including phenoxy) is 4. The molecular weight excluding hydrogens is 492 g/mol. The lowest BCUT2D eigenvalue weighted by Crippen LogP contribution is -2.31. The van der Waals surface area contributed by atoms with Gasteiger partial charge in [-0.15, -0.1) is 0 Å². The fraction of sp³-hybridized carbons (Fsp3) is 0.280. The number of non-ortho nitro benzene ring substituents is 1. The summed E-state index contributed by atoms with van der Waals surface area (Å²) < 4.78 is 22.0. The Balaban J connectivity index is 1.72. The van der Waals surface area contributed by atoms with Gasteiger partial charge < -0.3 is 24.7 Å². The molecule has 1 aliphatic heterocycles. The highest BCUT2D eigenvalue weighted by atomic mass is 35.5. The van der Waals surface area contributed by atoms with Gasteiger partial charge in [-0.1, -0.05) is 11.6 Å². The Hall–Kier alpha value is -4.05. The average Bonchev–Trinajstić information content (AvgIpc) is 2.86. The van der Waals surface area contributed by atoms with Crippen molar-refractivity contribution in [2.24, 2.45) is 5.73 Å². The number of rotatable bonds is 7. The van der Waals surface area contributed by atoms with Gasteiger partial charge in [0.15, 0.2) is 17.3 Å². The van der Waals surface area contributed by atoms with E-state index in [0.717, 1.165) is 0 Å². The van der Waals surface area contributed by atoms with Crippen LogP contribution in [0, 0.1) is 10.1 Å². The van der Waals surface area contributed by atoms with Crippen LogP contribution in [0.25, 0.3) is 0 Å². The highest BCUT2D eigenvalue weighted by Gasteiger charge is 2.41. The van der Waals surface area contributed by atoms with E-state index < -0.39 is 16.8 Å². The number of nitrogens with zero attached hydrogens (tertiary/aromatic N) is 1. The first-order chi connectivity index (χ1) is 17.2. The summed E-state index contributed by atoms with van der Waals surface area (Å²) in [7, 11) is 2.65. The first-order valence-electron chi connectivity index (χ1n) is 11.0. The van der Waals surface area contributed by atoms with Crippen molar-refractivity contribution in [3.8, 4) is 11.5 Å². The topological polar surface area (TPSA) is 140 Å². The van der Waals surface area contributed by atoms with E-state index >= 15 is 0 Å². The van der Waals surface area contributed by atoms with Gasteiger partial charge in [0.05, 0.1) is 30.1 Å². The minimum atomic E-state index is -0.857. The van der Waals surface area contributed by atoms with Crippen molar-refractivity contribution in [3.05, 3.63) is 85.5 Å². The van der Waals surface area contributed by atoms with Crippen LogP contribution in [0.15, 0.2) is 59.2 Å². The summed E-state index contributed by atoms with van der Waals surface area (Å²) in [5.41, 5.74) is 7.57. The van der Waals surface area contributed by atoms with Crippen molar-refractivity contribution < 1.29 is 33.5 Å². The van der Waals surface area contributed by atoms with Crippen LogP contribution in [0.2, 0.25) is 5.02 Å². The number of ketones is 1. The number of nitro benzene ring substituents is 1. The van der Waals surface area contributed by atoms with Gasteiger partial charge in [0.2, 0.25) is 5.88 Å². The Morgan fingerprint density at radius 2 is 1.94 bits per heavy atom. The van der Waals surface area contributed by atoms with Crippen LogP contribution in [0.4, 0.5) is 5.69 Å². The van der Waals surface area contributed by atoms with Crippen LogP contribution >= 0.6 is 11.6 Å². The Morgan fingerprint density at radius 1 is 1.22 bits per heavy atom. The third kappa shape index (κ3) is 4.72. The van der Waals surface area contributed by atoms with Gasteiger partial charge in [0, 0.05) is 30.5 Å². The predicted octanol–water partition coefficient (Wildman–Crippen LogP) is 4.30. The molecule has 0 aromatic heterocycles. The molecular formula is C25H23ClN2O8. The molecule has 0 amide bonds. The highest BCUT2D eigenvalue weighted by Crippen LogP contribution is 2.47. The van der Waals surface area contributed by atoms with E-state index in [-0.39, 0.29) is 46.1 Å². The molecule has 1 aliphatic carbocycles. The quantitative estimate of drug-likeness (QED) is 0.325. The number of halogens is 1. The number of esters is 1. The summed E-state index contributed by atoms with van der Waals surface area (Å²) in [5, 5.41) is 11.0. The van der Waals surface area contributed by atoms with Crippen molar-refractivity contribution in [1.29, 1.82) is 0 Å². The van der Waals surface area contributed by atoms with Crippen LogP contribution < -0.4 is 15.2 Å². The molecule has 1 atom stereocenters. The fourth-order valence-corrected chi connectivity index (χ4v) is 4.59. The lowest BCUT2D eigenvalue weighted by Gasteiger charge is -2.32. The minimum Gasteiger partial charge on any atom is -0.493 e. The van der Waals surface area contributed by atoms with E-state index in [4.69, 9.17) is 36.3 Å². The van der Waals surface area contributed by atoms with Gasteiger partial charge in [-0.05, 0) is 41.8 Å². The van der Waals surface area contributed by atoms with E-state index in [1.807, 2.05) is 0 Å². The van der Waals surface area contributed by atoms with Gasteiger partial charge >= 0.3 is 5.97 Å². The number of carbonyl (C=O) groups excluding carboxylic acids is 2. The molecule has 10 nitrogen and oxygen atoms in total. The summed E-state index contributed by atoms with van der Waals surface area (Å²) >= 11 is 6.58. The van der Waals surface area contributed by atoms with Gasteiger partial charge in [0.1, 0.15) is 17.9 Å². The molecule has 0 saturated carbocycles. The van der Waals surface area contributed by atoms with Crippen molar-refractivity contribution >= 4 is 29.0 Å². The molecule has 0 bridgehead atoms. The van der Waals surface area contributed by atoms with E-state index in [1.165, 1.54) is 26.4 Å².